The van der Waals surface area contributed by atoms with Crippen molar-refractivity contribution in [1.29, 1.82) is 0 Å². The lowest BCUT2D eigenvalue weighted by Crippen LogP contribution is -2.40. The van der Waals surface area contributed by atoms with Crippen LogP contribution in [-0.4, -0.2) is 34.8 Å². The van der Waals surface area contributed by atoms with E-state index in [-0.39, 0.29) is 23.7 Å². The van der Waals surface area contributed by atoms with E-state index in [1.807, 2.05) is 35.0 Å². The van der Waals surface area contributed by atoms with Crippen molar-refractivity contribution in [2.24, 2.45) is 5.92 Å². The zero-order chi connectivity index (χ0) is 21.5. The molecule has 0 saturated heterocycles. The number of benzene rings is 2. The molecule has 2 heterocycles. The van der Waals surface area contributed by atoms with Gasteiger partial charge < -0.3 is 14.8 Å². The Morgan fingerprint density at radius 3 is 2.68 bits per heavy atom. The number of carbonyl (C=O) groups excluding carboxylic acids is 1. The lowest BCUT2D eigenvalue weighted by molar-refractivity contribution is -0.123. The number of methoxy groups -OCH3 is 2. The normalized spacial score (nSPS) is 22.1. The molecule has 1 aliphatic carbocycles. The number of fused-ring (bicyclic) bond motifs is 2. The summed E-state index contributed by atoms with van der Waals surface area (Å²) in [5, 5.41) is 7.79. The SMILES string of the molecule is COc1ccc([C@H]2C=C3Nc4ncnn4[C@H](c4ccccc4C)[C@H]3C(=O)C2)cc1OC. The van der Waals surface area contributed by atoms with Gasteiger partial charge in [-0.2, -0.15) is 10.1 Å². The Kier molecular flexibility index (Phi) is 4.73. The van der Waals surface area contributed by atoms with Crippen molar-refractivity contribution in [3.05, 3.63) is 77.3 Å². The zero-order valence-electron chi connectivity index (χ0n) is 17.7. The van der Waals surface area contributed by atoms with E-state index in [9.17, 15) is 4.79 Å². The number of rotatable bonds is 4. The summed E-state index contributed by atoms with van der Waals surface area (Å²) in [5.41, 5.74) is 4.11. The van der Waals surface area contributed by atoms with E-state index in [1.165, 1.54) is 6.33 Å². The molecule has 0 bridgehead atoms. The largest absolute Gasteiger partial charge is 0.493 e. The zero-order valence-corrected chi connectivity index (χ0v) is 17.7. The van der Waals surface area contributed by atoms with Crippen molar-refractivity contribution in [3.8, 4) is 11.5 Å². The summed E-state index contributed by atoms with van der Waals surface area (Å²) in [4.78, 5) is 17.9. The van der Waals surface area contributed by atoms with Gasteiger partial charge in [0.15, 0.2) is 11.5 Å². The maximum Gasteiger partial charge on any atom is 0.226 e. The molecule has 7 heteroatoms. The molecule has 0 radical (unpaired) electrons. The van der Waals surface area contributed by atoms with Crippen LogP contribution < -0.4 is 14.8 Å². The molecule has 158 valence electrons. The van der Waals surface area contributed by atoms with Gasteiger partial charge in [-0.25, -0.2) is 4.68 Å². The number of hydrogen-bond acceptors (Lipinski definition) is 6. The molecule has 1 aromatic heterocycles. The summed E-state index contributed by atoms with van der Waals surface area (Å²) in [5.74, 6) is 1.77. The number of nitrogens with zero attached hydrogens (tertiary/aromatic N) is 3. The van der Waals surface area contributed by atoms with Crippen LogP contribution in [0.4, 0.5) is 5.95 Å². The maximum atomic E-state index is 13.5. The molecule has 7 nitrogen and oxygen atoms in total. The first-order valence-electron chi connectivity index (χ1n) is 10.3. The van der Waals surface area contributed by atoms with Crippen LogP contribution in [0.5, 0.6) is 11.5 Å². The molecular weight excluding hydrogens is 392 g/mol. The van der Waals surface area contributed by atoms with E-state index in [0.29, 0.717) is 23.9 Å². The van der Waals surface area contributed by atoms with Crippen molar-refractivity contribution < 1.29 is 14.3 Å². The van der Waals surface area contributed by atoms with Crippen LogP contribution in [0.25, 0.3) is 0 Å². The number of aryl methyl sites for hydroxylation is 1. The molecule has 0 unspecified atom stereocenters. The number of nitrogens with one attached hydrogen (secondary N) is 1. The number of ether oxygens (including phenoxy) is 2. The minimum atomic E-state index is -0.327. The molecule has 2 aliphatic rings. The molecule has 0 fully saturated rings. The fourth-order valence-corrected chi connectivity index (χ4v) is 4.70. The first-order valence-corrected chi connectivity index (χ1v) is 10.3. The highest BCUT2D eigenvalue weighted by Crippen LogP contribution is 2.45. The van der Waals surface area contributed by atoms with Gasteiger partial charge in [-0.1, -0.05) is 36.4 Å². The lowest BCUT2D eigenvalue weighted by atomic mass is 9.75. The lowest BCUT2D eigenvalue weighted by Gasteiger charge is -2.38. The summed E-state index contributed by atoms with van der Waals surface area (Å²) in [7, 11) is 3.23. The summed E-state index contributed by atoms with van der Waals surface area (Å²) in [6.07, 6.45) is 4.09. The van der Waals surface area contributed by atoms with Gasteiger partial charge in [-0.15, -0.1) is 0 Å². The summed E-state index contributed by atoms with van der Waals surface area (Å²) < 4.78 is 12.6. The van der Waals surface area contributed by atoms with Gasteiger partial charge in [0.05, 0.1) is 26.2 Å². The average molecular weight is 416 g/mol. The van der Waals surface area contributed by atoms with Crippen LogP contribution in [0.2, 0.25) is 0 Å². The molecule has 5 rings (SSSR count). The number of anilines is 1. The van der Waals surface area contributed by atoms with Crippen molar-refractivity contribution >= 4 is 11.7 Å². The Morgan fingerprint density at radius 1 is 1.10 bits per heavy atom. The van der Waals surface area contributed by atoms with Gasteiger partial charge in [0.25, 0.3) is 0 Å². The second-order valence-electron chi connectivity index (χ2n) is 7.95. The van der Waals surface area contributed by atoms with E-state index in [0.717, 1.165) is 22.4 Å². The molecule has 2 aromatic carbocycles. The van der Waals surface area contributed by atoms with Crippen molar-refractivity contribution in [2.75, 3.05) is 19.5 Å². The smallest absolute Gasteiger partial charge is 0.226 e. The number of ketones is 1. The molecule has 3 atom stereocenters. The number of aromatic nitrogens is 3. The predicted octanol–water partition coefficient (Wildman–Crippen LogP) is 3.88. The van der Waals surface area contributed by atoms with Crippen molar-refractivity contribution in [2.45, 2.75) is 25.3 Å². The maximum absolute atomic E-state index is 13.5. The highest BCUT2D eigenvalue weighted by Gasteiger charge is 2.43. The number of carbonyl (C=O) groups is 1. The Hall–Kier alpha value is -3.61. The Bertz CT molecular complexity index is 1180. The van der Waals surface area contributed by atoms with E-state index in [2.05, 4.69) is 40.5 Å². The third-order valence-corrected chi connectivity index (χ3v) is 6.24. The van der Waals surface area contributed by atoms with E-state index >= 15 is 0 Å². The highest BCUT2D eigenvalue weighted by molar-refractivity contribution is 5.88. The van der Waals surface area contributed by atoms with E-state index in [1.54, 1.807) is 14.2 Å². The minimum Gasteiger partial charge on any atom is -0.493 e. The van der Waals surface area contributed by atoms with Crippen LogP contribution >= 0.6 is 0 Å². The molecular formula is C24H24N4O3. The molecule has 0 saturated carbocycles. The van der Waals surface area contributed by atoms with E-state index < -0.39 is 0 Å². The van der Waals surface area contributed by atoms with E-state index in [4.69, 9.17) is 9.47 Å². The Morgan fingerprint density at radius 2 is 1.90 bits per heavy atom. The van der Waals surface area contributed by atoms with Crippen molar-refractivity contribution in [3.63, 3.8) is 0 Å². The van der Waals surface area contributed by atoms with Crippen LogP contribution in [0.1, 0.15) is 35.1 Å². The summed E-state index contributed by atoms with van der Waals surface area (Å²) in [6.45, 7) is 2.07. The van der Waals surface area contributed by atoms with Gasteiger partial charge in [0.2, 0.25) is 5.95 Å². The predicted molar refractivity (Wildman–Crippen MR) is 116 cm³/mol. The highest BCUT2D eigenvalue weighted by atomic mass is 16.5. The second-order valence-corrected chi connectivity index (χ2v) is 7.95. The standard InChI is InChI=1S/C24H24N4O3/c1-14-6-4-5-7-17(14)23-22-18(27-24-25-13-26-28(23)24)10-16(11-19(22)29)15-8-9-20(30-2)21(12-15)31-3/h4-10,12-13,16,22-23H,11H2,1-3H3,(H,25,26,27)/t16-,22+,23+/m0/s1. The topological polar surface area (TPSA) is 78.3 Å². The summed E-state index contributed by atoms with van der Waals surface area (Å²) in [6, 6.07) is 13.7. The van der Waals surface area contributed by atoms with Crippen LogP contribution in [-0.2, 0) is 4.79 Å². The molecule has 1 aliphatic heterocycles. The monoisotopic (exact) mass is 416 g/mol. The molecule has 0 amide bonds. The van der Waals surface area contributed by atoms with Gasteiger partial charge in [0.1, 0.15) is 12.1 Å². The molecule has 0 spiro atoms. The first kappa shape index (κ1) is 19.4. The fraction of sp³-hybridized carbons (Fsp3) is 0.292. The Labute approximate surface area is 180 Å². The van der Waals surface area contributed by atoms with Crippen molar-refractivity contribution in [1.82, 2.24) is 14.8 Å². The number of hydrogen-bond donors (Lipinski definition) is 1. The summed E-state index contributed by atoms with van der Waals surface area (Å²) >= 11 is 0. The number of allylic oxidation sites excluding steroid dienone is 2. The van der Waals surface area contributed by atoms with Gasteiger partial charge in [-0.3, -0.25) is 4.79 Å². The first-order chi connectivity index (χ1) is 15.1. The quantitative estimate of drug-likeness (QED) is 0.696. The third kappa shape index (κ3) is 3.17. The average Bonchev–Trinajstić information content (AvgIpc) is 3.26. The van der Waals surface area contributed by atoms with Gasteiger partial charge in [-0.05, 0) is 35.7 Å². The minimum absolute atomic E-state index is 0.0574. The Balaban J connectivity index is 1.59. The molecule has 3 aromatic rings. The molecule has 1 N–H and O–H groups in total. The molecule has 31 heavy (non-hydrogen) atoms. The fourth-order valence-electron chi connectivity index (χ4n) is 4.70. The van der Waals surface area contributed by atoms with Crippen LogP contribution in [0.15, 0.2) is 60.6 Å². The van der Waals surface area contributed by atoms with Gasteiger partial charge >= 0.3 is 0 Å². The second kappa shape index (κ2) is 7.58. The van der Waals surface area contributed by atoms with Gasteiger partial charge in [0, 0.05) is 18.0 Å². The number of Topliss-reactive ketones (excluding diaryl/α,β-unsaturated/α-hetero) is 1. The third-order valence-electron chi connectivity index (χ3n) is 6.24. The van der Waals surface area contributed by atoms with Crippen LogP contribution in [0.3, 0.4) is 0 Å². The van der Waals surface area contributed by atoms with Crippen LogP contribution in [0, 0.1) is 12.8 Å².